The van der Waals surface area contributed by atoms with Crippen molar-refractivity contribution in [1.29, 1.82) is 0 Å². The van der Waals surface area contributed by atoms with E-state index in [2.05, 4.69) is 16.0 Å². The van der Waals surface area contributed by atoms with Gasteiger partial charge in [0.2, 0.25) is 0 Å². The Morgan fingerprint density at radius 3 is 2.68 bits per heavy atom. The highest BCUT2D eigenvalue weighted by atomic mass is 16.5. The van der Waals surface area contributed by atoms with Crippen LogP contribution in [0.4, 0.5) is 10.5 Å². The van der Waals surface area contributed by atoms with Crippen LogP contribution in [0.2, 0.25) is 0 Å². The van der Waals surface area contributed by atoms with Crippen LogP contribution in [-0.2, 0) is 0 Å². The van der Waals surface area contributed by atoms with Crippen molar-refractivity contribution in [3.8, 4) is 5.75 Å². The third kappa shape index (κ3) is 5.14. The number of carbonyl (C=O) groups excluding carboxylic acids is 2. The number of nitrogens with one attached hydrogen (secondary N) is 3. The number of likely N-dealkylation sites (N-methyl/N-ethyl adjacent to an activating group) is 1. The first kappa shape index (κ1) is 22.0. The largest absolute Gasteiger partial charge is 0.486 e. The zero-order chi connectivity index (χ0) is 20.8. The fraction of sp³-hybridized carbons (Fsp3) is 0.600. The molecule has 0 aromatic heterocycles. The molecule has 0 bridgehead atoms. The minimum atomic E-state index is -0.361. The van der Waals surface area contributed by atoms with Gasteiger partial charge in [-0.1, -0.05) is 13.0 Å². The molecule has 0 spiro atoms. The van der Waals surface area contributed by atoms with E-state index in [0.29, 0.717) is 30.1 Å². The number of hydrogen-bond donors (Lipinski definition) is 4. The maximum Gasteiger partial charge on any atom is 0.319 e. The number of benzene rings is 1. The number of nitrogens with zero attached hydrogens (tertiary/aromatic N) is 1. The third-order valence-electron chi connectivity index (χ3n) is 4.76. The molecule has 1 aliphatic heterocycles. The molecule has 1 aromatic rings. The van der Waals surface area contributed by atoms with Crippen LogP contribution in [0.15, 0.2) is 18.2 Å². The Morgan fingerprint density at radius 2 is 2.07 bits per heavy atom. The summed E-state index contributed by atoms with van der Waals surface area (Å²) in [6.45, 7) is 8.50. The van der Waals surface area contributed by atoms with Crippen molar-refractivity contribution in [3.63, 3.8) is 0 Å². The molecule has 1 aliphatic rings. The van der Waals surface area contributed by atoms with Gasteiger partial charge in [-0.2, -0.15) is 0 Å². The van der Waals surface area contributed by atoms with Crippen LogP contribution in [-0.4, -0.2) is 66.9 Å². The number of amides is 3. The molecule has 28 heavy (non-hydrogen) atoms. The lowest BCUT2D eigenvalue weighted by Crippen LogP contribution is -2.49. The van der Waals surface area contributed by atoms with Gasteiger partial charge >= 0.3 is 6.03 Å². The maximum atomic E-state index is 13.2. The summed E-state index contributed by atoms with van der Waals surface area (Å²) in [5.41, 5.74) is 0.812. The molecule has 0 radical (unpaired) electrons. The summed E-state index contributed by atoms with van der Waals surface area (Å²) in [6, 6.07) is 4.41. The van der Waals surface area contributed by atoms with E-state index in [0.717, 1.165) is 0 Å². The summed E-state index contributed by atoms with van der Waals surface area (Å²) >= 11 is 0. The first-order chi connectivity index (χ1) is 13.3. The van der Waals surface area contributed by atoms with Gasteiger partial charge in [0, 0.05) is 25.0 Å². The number of urea groups is 1. The molecule has 3 atom stereocenters. The Hall–Kier alpha value is -2.32. The molecule has 0 saturated heterocycles. The van der Waals surface area contributed by atoms with E-state index < -0.39 is 0 Å². The number of aliphatic hydroxyl groups is 1. The predicted octanol–water partition coefficient (Wildman–Crippen LogP) is 1.66. The predicted molar refractivity (Wildman–Crippen MR) is 109 cm³/mol. The zero-order valence-corrected chi connectivity index (χ0v) is 17.3. The third-order valence-corrected chi connectivity index (χ3v) is 4.76. The van der Waals surface area contributed by atoms with Gasteiger partial charge in [0.1, 0.15) is 6.10 Å². The van der Waals surface area contributed by atoms with Crippen LogP contribution in [0.1, 0.15) is 38.1 Å². The van der Waals surface area contributed by atoms with E-state index in [4.69, 9.17) is 4.74 Å². The summed E-state index contributed by atoms with van der Waals surface area (Å²) in [6.07, 6.45) is -0.207. The van der Waals surface area contributed by atoms with Gasteiger partial charge in [0.05, 0.1) is 23.9 Å². The molecule has 2 rings (SSSR count). The lowest BCUT2D eigenvalue weighted by Gasteiger charge is -2.37. The smallest absolute Gasteiger partial charge is 0.319 e. The zero-order valence-electron chi connectivity index (χ0n) is 17.3. The van der Waals surface area contributed by atoms with Gasteiger partial charge < -0.3 is 30.7 Å². The molecule has 0 saturated carbocycles. The first-order valence-electron chi connectivity index (χ1n) is 9.72. The highest BCUT2D eigenvalue weighted by molar-refractivity contribution is 6.01. The standard InChI is InChI=1S/C20H32N4O4/c1-12(2)22-20(27)23-16-8-6-7-15-18(16)28-17(9-21-5)13(3)10-24(19(15)26)14(4)11-25/h6-8,12-14,17,21,25H,9-11H2,1-5H3,(H2,22,23,27)/t13-,14+,17+/m1/s1. The van der Waals surface area contributed by atoms with Crippen LogP contribution in [0.3, 0.4) is 0 Å². The van der Waals surface area contributed by atoms with Crippen molar-refractivity contribution in [2.24, 2.45) is 5.92 Å². The van der Waals surface area contributed by atoms with E-state index >= 15 is 0 Å². The molecule has 8 heteroatoms. The van der Waals surface area contributed by atoms with Gasteiger partial charge in [0.25, 0.3) is 5.91 Å². The normalized spacial score (nSPS) is 20.7. The van der Waals surface area contributed by atoms with Gasteiger partial charge in [-0.25, -0.2) is 4.79 Å². The van der Waals surface area contributed by atoms with Gasteiger partial charge in [-0.3, -0.25) is 4.79 Å². The average Bonchev–Trinajstić information content (AvgIpc) is 2.64. The van der Waals surface area contributed by atoms with Gasteiger partial charge in [-0.05, 0) is 40.0 Å². The van der Waals surface area contributed by atoms with E-state index in [1.807, 2.05) is 34.7 Å². The van der Waals surface area contributed by atoms with Crippen LogP contribution >= 0.6 is 0 Å². The summed E-state index contributed by atoms with van der Waals surface area (Å²) in [7, 11) is 1.84. The van der Waals surface area contributed by atoms with Crippen molar-refractivity contribution < 1.29 is 19.4 Å². The summed E-state index contributed by atoms with van der Waals surface area (Å²) in [5, 5.41) is 18.3. The number of carbonyl (C=O) groups is 2. The molecule has 8 nitrogen and oxygen atoms in total. The first-order valence-corrected chi connectivity index (χ1v) is 9.72. The van der Waals surface area contributed by atoms with Crippen molar-refractivity contribution in [2.75, 3.05) is 32.1 Å². The quantitative estimate of drug-likeness (QED) is 0.590. The molecule has 0 aliphatic carbocycles. The SMILES string of the molecule is CNC[C@@H]1Oc2c(NC(=O)NC(C)C)cccc2C(=O)N([C@@H](C)CO)C[C@H]1C. The maximum absolute atomic E-state index is 13.2. The molecule has 1 aromatic carbocycles. The number of aliphatic hydroxyl groups excluding tert-OH is 1. The van der Waals surface area contributed by atoms with Crippen LogP contribution in [0.5, 0.6) is 5.75 Å². The molecule has 0 unspecified atom stereocenters. The second-order valence-electron chi connectivity index (χ2n) is 7.62. The second-order valence-corrected chi connectivity index (χ2v) is 7.62. The molecular weight excluding hydrogens is 360 g/mol. The van der Waals surface area contributed by atoms with Crippen molar-refractivity contribution >= 4 is 17.6 Å². The van der Waals surface area contributed by atoms with Gasteiger partial charge in [0.15, 0.2) is 5.75 Å². The highest BCUT2D eigenvalue weighted by Gasteiger charge is 2.33. The van der Waals surface area contributed by atoms with Crippen molar-refractivity contribution in [1.82, 2.24) is 15.5 Å². The monoisotopic (exact) mass is 392 g/mol. The minimum Gasteiger partial charge on any atom is -0.486 e. The van der Waals surface area contributed by atoms with Gasteiger partial charge in [-0.15, -0.1) is 0 Å². The number of anilines is 1. The Bertz CT molecular complexity index is 695. The summed E-state index contributed by atoms with van der Waals surface area (Å²) in [5.74, 6) is 0.156. The topological polar surface area (TPSA) is 103 Å². The van der Waals surface area contributed by atoms with Crippen LogP contribution in [0.25, 0.3) is 0 Å². The van der Waals surface area contributed by atoms with Crippen molar-refractivity contribution in [2.45, 2.75) is 45.9 Å². The fourth-order valence-electron chi connectivity index (χ4n) is 3.21. The summed E-state index contributed by atoms with van der Waals surface area (Å²) in [4.78, 5) is 27.1. The molecular formula is C20H32N4O4. The van der Waals surface area contributed by atoms with Crippen LogP contribution < -0.4 is 20.7 Å². The number of rotatable bonds is 6. The molecule has 4 N–H and O–H groups in total. The Balaban J connectivity index is 2.48. The number of fused-ring (bicyclic) bond motifs is 1. The molecule has 3 amide bonds. The van der Waals surface area contributed by atoms with E-state index in [1.54, 1.807) is 23.1 Å². The average molecular weight is 393 g/mol. The summed E-state index contributed by atoms with van der Waals surface area (Å²) < 4.78 is 6.24. The lowest BCUT2D eigenvalue weighted by molar-refractivity contribution is 0.0417. The van der Waals surface area contributed by atoms with Crippen molar-refractivity contribution in [3.05, 3.63) is 23.8 Å². The highest BCUT2D eigenvalue weighted by Crippen LogP contribution is 2.34. The van der Waals surface area contributed by atoms with Crippen LogP contribution in [0, 0.1) is 5.92 Å². The minimum absolute atomic E-state index is 0.0222. The molecule has 156 valence electrons. The molecule has 1 heterocycles. The lowest BCUT2D eigenvalue weighted by atomic mass is 9.99. The number of hydrogen-bond acceptors (Lipinski definition) is 5. The van der Waals surface area contributed by atoms with E-state index in [1.165, 1.54) is 0 Å². The number of para-hydroxylation sites is 1. The Kier molecular flexibility index (Phi) is 7.65. The fourth-order valence-corrected chi connectivity index (χ4v) is 3.21. The second kappa shape index (κ2) is 9.75. The van der Waals surface area contributed by atoms with E-state index in [-0.39, 0.29) is 42.7 Å². The number of ether oxygens (including phenoxy) is 1. The Labute approximate surface area is 166 Å². The van der Waals surface area contributed by atoms with E-state index in [9.17, 15) is 14.7 Å². The molecule has 0 fully saturated rings. The Morgan fingerprint density at radius 1 is 1.36 bits per heavy atom.